The molecule has 1 unspecified atom stereocenters. The molecule has 0 aliphatic carbocycles. The number of hydrogen-bond acceptors (Lipinski definition) is 2. The summed E-state index contributed by atoms with van der Waals surface area (Å²) in [4.78, 5) is -0.848. The first kappa shape index (κ1) is 18.6. The second-order valence-electron chi connectivity index (χ2n) is 8.29. The van der Waals surface area contributed by atoms with E-state index in [9.17, 15) is 8.42 Å². The third-order valence-corrected chi connectivity index (χ3v) is 9.71. The van der Waals surface area contributed by atoms with Gasteiger partial charge in [-0.3, -0.25) is 4.48 Å². The number of rotatable bonds is 6. The molecule has 3 aromatic carbocycles. The summed E-state index contributed by atoms with van der Waals surface area (Å²) in [5.41, 5.74) is 3.31. The standard InChI is InChI=1S/C25H26NO2S/c1-2-29(27,28)25(22-16-10-5-11-17-22)23-18-26(25,19-23)24(20-12-6-3-7-13-20)21-14-8-4-9-15-21/h3-17,23-24H,2,18-19H2,1H3/q+1. The molecule has 148 valence electrons. The molecule has 2 bridgehead atoms. The molecule has 0 spiro atoms. The molecule has 0 amide bonds. The van der Waals surface area contributed by atoms with Crippen LogP contribution in [0.3, 0.4) is 0 Å². The van der Waals surface area contributed by atoms with Gasteiger partial charge in [-0.2, -0.15) is 0 Å². The maximum absolute atomic E-state index is 13.7. The molecule has 0 radical (unpaired) electrons. The molecule has 3 heterocycles. The molecule has 6 rings (SSSR count). The molecule has 3 aromatic rings. The molecule has 3 aliphatic rings. The Morgan fingerprint density at radius 1 is 0.828 bits per heavy atom. The molecule has 3 nitrogen and oxygen atoms in total. The zero-order chi connectivity index (χ0) is 20.1. The third-order valence-electron chi connectivity index (χ3n) is 7.07. The van der Waals surface area contributed by atoms with Crippen molar-refractivity contribution in [1.29, 1.82) is 0 Å². The van der Waals surface area contributed by atoms with E-state index in [1.165, 1.54) is 11.1 Å². The van der Waals surface area contributed by atoms with Gasteiger partial charge in [0.1, 0.15) is 12.0 Å². The van der Waals surface area contributed by atoms with Gasteiger partial charge in [-0.25, -0.2) is 8.42 Å². The number of benzene rings is 3. The van der Waals surface area contributed by atoms with Crippen LogP contribution in [0.2, 0.25) is 0 Å². The average Bonchev–Trinajstić information content (AvgIpc) is 2.72. The first-order chi connectivity index (χ1) is 14.1. The molecule has 3 saturated heterocycles. The Balaban J connectivity index is 1.76. The SMILES string of the molecule is CCS(=O)(=O)C1(c2ccccc2)C2C[N+]1(C(c1ccccc1)c1ccccc1)C2. The minimum absolute atomic E-state index is 0.00364. The van der Waals surface area contributed by atoms with Gasteiger partial charge < -0.3 is 0 Å². The van der Waals surface area contributed by atoms with Crippen molar-refractivity contribution in [3.8, 4) is 0 Å². The summed E-state index contributed by atoms with van der Waals surface area (Å²) in [6, 6.07) is 30.8. The Bertz CT molecular complexity index is 1070. The molecule has 0 aromatic heterocycles. The van der Waals surface area contributed by atoms with Gasteiger partial charge in [-0.1, -0.05) is 97.9 Å². The minimum Gasteiger partial charge on any atom is -0.290 e. The monoisotopic (exact) mass is 404 g/mol. The highest BCUT2D eigenvalue weighted by atomic mass is 32.2. The first-order valence-corrected chi connectivity index (χ1v) is 12.0. The van der Waals surface area contributed by atoms with Crippen LogP contribution in [0.25, 0.3) is 0 Å². The van der Waals surface area contributed by atoms with Crippen LogP contribution in [0.1, 0.15) is 29.7 Å². The van der Waals surface area contributed by atoms with Gasteiger partial charge in [0.05, 0.1) is 18.8 Å². The summed E-state index contributed by atoms with van der Waals surface area (Å²) in [5, 5.41) is 0. The van der Waals surface area contributed by atoms with Crippen LogP contribution in [-0.4, -0.2) is 31.7 Å². The van der Waals surface area contributed by atoms with Crippen molar-refractivity contribution < 1.29 is 12.9 Å². The molecule has 0 saturated carbocycles. The molecule has 29 heavy (non-hydrogen) atoms. The van der Waals surface area contributed by atoms with Crippen molar-refractivity contribution in [3.63, 3.8) is 0 Å². The van der Waals surface area contributed by atoms with E-state index < -0.39 is 14.7 Å². The topological polar surface area (TPSA) is 34.1 Å². The van der Waals surface area contributed by atoms with E-state index in [2.05, 4.69) is 48.5 Å². The van der Waals surface area contributed by atoms with Crippen LogP contribution in [0.5, 0.6) is 0 Å². The lowest BCUT2D eigenvalue weighted by atomic mass is 9.64. The summed E-state index contributed by atoms with van der Waals surface area (Å²) >= 11 is 0. The zero-order valence-corrected chi connectivity index (χ0v) is 17.4. The molecule has 0 N–H and O–H groups in total. The van der Waals surface area contributed by atoms with E-state index in [0.717, 1.165) is 18.7 Å². The molecular formula is C25H26NO2S+. The quantitative estimate of drug-likeness (QED) is 0.566. The van der Waals surface area contributed by atoms with Crippen LogP contribution in [-0.2, 0) is 14.7 Å². The Morgan fingerprint density at radius 2 is 1.28 bits per heavy atom. The molecular weight excluding hydrogens is 378 g/mol. The van der Waals surface area contributed by atoms with Crippen LogP contribution in [0.4, 0.5) is 0 Å². The van der Waals surface area contributed by atoms with Crippen molar-refractivity contribution in [2.45, 2.75) is 17.8 Å². The lowest BCUT2D eigenvalue weighted by Crippen LogP contribution is -2.93. The lowest BCUT2D eigenvalue weighted by molar-refractivity contribution is -1.11. The van der Waals surface area contributed by atoms with Gasteiger partial charge in [0.15, 0.2) is 0 Å². The van der Waals surface area contributed by atoms with E-state index in [1.807, 2.05) is 42.5 Å². The summed E-state index contributed by atoms with van der Waals surface area (Å²) in [5.74, 6) is 0.346. The number of quaternary nitrogens is 1. The molecule has 3 aliphatic heterocycles. The average molecular weight is 405 g/mol. The van der Waals surface area contributed by atoms with Crippen LogP contribution >= 0.6 is 0 Å². The predicted molar refractivity (Wildman–Crippen MR) is 116 cm³/mol. The maximum Gasteiger partial charge on any atom is 0.240 e. The summed E-state index contributed by atoms with van der Waals surface area (Å²) < 4.78 is 28.0. The molecule has 1 atom stereocenters. The highest BCUT2D eigenvalue weighted by Crippen LogP contribution is 2.70. The second kappa shape index (κ2) is 6.54. The molecule has 3 fully saturated rings. The maximum atomic E-state index is 13.7. The Kier molecular flexibility index (Phi) is 4.19. The fourth-order valence-electron chi connectivity index (χ4n) is 5.93. The van der Waals surface area contributed by atoms with Crippen molar-refractivity contribution in [1.82, 2.24) is 0 Å². The smallest absolute Gasteiger partial charge is 0.240 e. The van der Waals surface area contributed by atoms with Crippen molar-refractivity contribution in [2.75, 3.05) is 18.8 Å². The fraction of sp³-hybridized carbons (Fsp3) is 0.280. The van der Waals surface area contributed by atoms with Gasteiger partial charge in [-0.05, 0) is 0 Å². The fourth-order valence-corrected chi connectivity index (χ4v) is 8.33. The Labute approximate surface area is 173 Å². The van der Waals surface area contributed by atoms with Crippen LogP contribution in [0.15, 0.2) is 91.0 Å². The Morgan fingerprint density at radius 3 is 1.66 bits per heavy atom. The van der Waals surface area contributed by atoms with E-state index >= 15 is 0 Å². The number of hydrogen-bond donors (Lipinski definition) is 0. The number of nitrogens with zero attached hydrogens (tertiary/aromatic N) is 1. The highest BCUT2D eigenvalue weighted by Gasteiger charge is 2.86. The van der Waals surface area contributed by atoms with Crippen molar-refractivity contribution >= 4 is 9.84 Å². The first-order valence-electron chi connectivity index (χ1n) is 10.3. The van der Waals surface area contributed by atoms with E-state index in [-0.39, 0.29) is 17.7 Å². The second-order valence-corrected chi connectivity index (χ2v) is 10.7. The summed E-state index contributed by atoms with van der Waals surface area (Å²) in [7, 11) is -3.32. The van der Waals surface area contributed by atoms with Crippen molar-refractivity contribution in [3.05, 3.63) is 108 Å². The molecule has 4 heteroatoms. The zero-order valence-electron chi connectivity index (χ0n) is 16.6. The lowest BCUT2D eigenvalue weighted by Gasteiger charge is -2.76. The van der Waals surface area contributed by atoms with Gasteiger partial charge in [0.25, 0.3) is 0 Å². The summed E-state index contributed by atoms with van der Waals surface area (Å²) in [6.45, 7) is 3.60. The van der Waals surface area contributed by atoms with E-state index in [4.69, 9.17) is 0 Å². The third kappa shape index (κ3) is 2.30. The normalized spacial score (nSPS) is 27.9. The van der Waals surface area contributed by atoms with Crippen LogP contribution in [0, 0.1) is 5.92 Å². The van der Waals surface area contributed by atoms with Gasteiger partial charge in [0.2, 0.25) is 14.7 Å². The van der Waals surface area contributed by atoms with Gasteiger partial charge in [-0.15, -0.1) is 0 Å². The van der Waals surface area contributed by atoms with E-state index in [1.54, 1.807) is 6.92 Å². The van der Waals surface area contributed by atoms with Crippen molar-refractivity contribution in [2.24, 2.45) is 5.92 Å². The predicted octanol–water partition coefficient (Wildman–Crippen LogP) is 4.52. The van der Waals surface area contributed by atoms with Crippen LogP contribution < -0.4 is 0 Å². The highest BCUT2D eigenvalue weighted by molar-refractivity contribution is 7.92. The Hall–Kier alpha value is -2.43. The summed E-state index contributed by atoms with van der Waals surface area (Å²) in [6.07, 6.45) is 0. The largest absolute Gasteiger partial charge is 0.290 e. The van der Waals surface area contributed by atoms with Gasteiger partial charge >= 0.3 is 0 Å². The number of sulfone groups is 1. The minimum atomic E-state index is -3.32. The van der Waals surface area contributed by atoms with Gasteiger partial charge in [0, 0.05) is 16.7 Å². The van der Waals surface area contributed by atoms with E-state index in [0.29, 0.717) is 4.48 Å².